The van der Waals surface area contributed by atoms with Crippen LogP contribution in [-0.4, -0.2) is 79.6 Å². The number of fused-ring (bicyclic) bond motifs is 1. The van der Waals surface area contributed by atoms with Gasteiger partial charge in [0.05, 0.1) is 48.8 Å². The van der Waals surface area contributed by atoms with Crippen molar-refractivity contribution < 1.29 is 42.5 Å². The van der Waals surface area contributed by atoms with E-state index < -0.39 is 40.9 Å². The summed E-state index contributed by atoms with van der Waals surface area (Å²) in [5, 5.41) is 24.0. The molecule has 0 bridgehead atoms. The Morgan fingerprint density at radius 3 is 2.60 bits per heavy atom. The Morgan fingerprint density at radius 2 is 1.85 bits per heavy atom. The zero-order chi connectivity index (χ0) is 28.1. The monoisotopic (exact) mass is 576 g/mol. The molecule has 3 N–H and O–H groups in total. The first-order chi connectivity index (χ1) is 19.3. The number of hydrogen-bond acceptors (Lipinski definition) is 9. The van der Waals surface area contributed by atoms with Crippen LogP contribution >= 0.6 is 0 Å². The van der Waals surface area contributed by atoms with Gasteiger partial charge in [0, 0.05) is 0 Å². The standard InChI is InChI=1S/C28H36N2O9S/c31-20-9-6-12-22(16-20)40(34,35)30(39-21-10-4-5-11-21)17-25(32)24(15-19-7-2-1-3-8-19)29-28(33)38-26-18-37-27-23(26)13-14-36-27/h1-3,6-9,12,16,21,23-27,31-32H,4-5,10-11,13-15,17-18H2,(H,29,33)/t23-,24?,25-,26-,27+/m0/s1. The SMILES string of the molecule is O=C(NC(Cc1ccccc1)[C@@H](O)CN(OC1CCCC1)S(=O)(=O)c1cccc(O)c1)O[C@H]1CO[C@H]2OCC[C@H]21. The third kappa shape index (κ3) is 6.93. The predicted octanol–water partition coefficient (Wildman–Crippen LogP) is 2.72. The van der Waals surface area contributed by atoms with Gasteiger partial charge in [0.15, 0.2) is 6.29 Å². The summed E-state index contributed by atoms with van der Waals surface area (Å²) in [5.41, 5.74) is 0.833. The molecular formula is C28H36N2O9S. The summed E-state index contributed by atoms with van der Waals surface area (Å²) in [6.45, 7) is 0.313. The minimum atomic E-state index is -4.25. The van der Waals surface area contributed by atoms with Crippen LogP contribution in [0.5, 0.6) is 5.75 Å². The van der Waals surface area contributed by atoms with Crippen molar-refractivity contribution in [1.82, 2.24) is 9.79 Å². The number of ether oxygens (including phenoxy) is 3. The molecule has 2 saturated heterocycles. The minimum absolute atomic E-state index is 0.0500. The fourth-order valence-corrected chi connectivity index (χ4v) is 6.76. The van der Waals surface area contributed by atoms with Crippen molar-refractivity contribution in [2.75, 3.05) is 19.8 Å². The van der Waals surface area contributed by atoms with Crippen LogP contribution in [0.25, 0.3) is 0 Å². The number of phenols is 1. The molecule has 0 radical (unpaired) electrons. The van der Waals surface area contributed by atoms with Crippen LogP contribution in [-0.2, 0) is 35.5 Å². The quantitative estimate of drug-likeness (QED) is 0.344. The molecule has 0 aromatic heterocycles. The summed E-state index contributed by atoms with van der Waals surface area (Å²) in [6, 6.07) is 13.6. The number of hydroxylamine groups is 1. The number of nitrogens with zero attached hydrogens (tertiary/aromatic N) is 1. The van der Waals surface area contributed by atoms with Gasteiger partial charge in [-0.1, -0.05) is 53.7 Å². The van der Waals surface area contributed by atoms with Crippen molar-refractivity contribution >= 4 is 16.1 Å². The number of rotatable bonds is 11. The lowest BCUT2D eigenvalue weighted by Gasteiger charge is -2.31. The highest BCUT2D eigenvalue weighted by Crippen LogP contribution is 2.33. The van der Waals surface area contributed by atoms with E-state index in [1.165, 1.54) is 18.2 Å². The number of amides is 1. The maximum absolute atomic E-state index is 13.6. The number of carbonyl (C=O) groups excluding carboxylic acids is 1. The molecular weight excluding hydrogens is 540 g/mol. The third-order valence-electron chi connectivity index (χ3n) is 7.60. The highest BCUT2D eigenvalue weighted by molar-refractivity contribution is 7.89. The van der Waals surface area contributed by atoms with E-state index in [2.05, 4.69) is 5.32 Å². The Labute approximate surface area is 234 Å². The molecule has 3 aliphatic rings. The second kappa shape index (κ2) is 12.8. The number of hydrogen-bond donors (Lipinski definition) is 3. The van der Waals surface area contributed by atoms with Gasteiger partial charge in [-0.25, -0.2) is 13.2 Å². The molecule has 2 heterocycles. The molecule has 1 unspecified atom stereocenters. The van der Waals surface area contributed by atoms with Crippen LogP contribution in [0.3, 0.4) is 0 Å². The number of aliphatic hydroxyl groups is 1. The zero-order valence-electron chi connectivity index (χ0n) is 22.1. The lowest BCUT2D eigenvalue weighted by molar-refractivity contribution is -0.145. The van der Waals surface area contributed by atoms with Crippen molar-refractivity contribution in [3.8, 4) is 5.75 Å². The molecule has 1 saturated carbocycles. The van der Waals surface area contributed by atoms with Gasteiger partial charge in [0.2, 0.25) is 0 Å². The molecule has 2 aromatic carbocycles. The van der Waals surface area contributed by atoms with Crippen molar-refractivity contribution in [3.05, 3.63) is 60.2 Å². The first-order valence-electron chi connectivity index (χ1n) is 13.7. The molecule has 1 aliphatic carbocycles. The number of aliphatic hydroxyl groups excluding tert-OH is 1. The topological polar surface area (TPSA) is 144 Å². The van der Waals surface area contributed by atoms with E-state index in [0.717, 1.165) is 35.4 Å². The van der Waals surface area contributed by atoms with Crippen molar-refractivity contribution in [3.63, 3.8) is 0 Å². The molecule has 2 aromatic rings. The lowest BCUT2D eigenvalue weighted by atomic mass is 10.0. The Balaban J connectivity index is 1.34. The fourth-order valence-electron chi connectivity index (χ4n) is 5.42. The van der Waals surface area contributed by atoms with E-state index >= 15 is 0 Å². The molecule has 5 atom stereocenters. The van der Waals surface area contributed by atoms with Gasteiger partial charge in [-0.15, -0.1) is 0 Å². The highest BCUT2D eigenvalue weighted by atomic mass is 32.2. The number of sulfonamides is 1. The van der Waals surface area contributed by atoms with E-state index in [-0.39, 0.29) is 42.0 Å². The average molecular weight is 577 g/mol. The largest absolute Gasteiger partial charge is 0.508 e. The molecule has 2 aliphatic heterocycles. The van der Waals surface area contributed by atoms with Gasteiger partial charge < -0.3 is 29.7 Å². The zero-order valence-corrected chi connectivity index (χ0v) is 22.9. The van der Waals surface area contributed by atoms with Crippen LogP contribution in [0.15, 0.2) is 59.5 Å². The summed E-state index contributed by atoms with van der Waals surface area (Å²) in [5.74, 6) is -0.259. The van der Waals surface area contributed by atoms with E-state index in [9.17, 15) is 23.4 Å². The molecule has 0 spiro atoms. The number of carbonyl (C=O) groups is 1. The van der Waals surface area contributed by atoms with Crippen LogP contribution in [0, 0.1) is 5.92 Å². The maximum Gasteiger partial charge on any atom is 0.407 e. The number of aromatic hydroxyl groups is 1. The summed E-state index contributed by atoms with van der Waals surface area (Å²) >= 11 is 0. The molecule has 12 heteroatoms. The molecule has 3 fully saturated rings. The van der Waals surface area contributed by atoms with Crippen molar-refractivity contribution in [2.24, 2.45) is 5.92 Å². The minimum Gasteiger partial charge on any atom is -0.508 e. The van der Waals surface area contributed by atoms with E-state index in [4.69, 9.17) is 19.0 Å². The van der Waals surface area contributed by atoms with E-state index in [1.54, 1.807) is 0 Å². The first-order valence-corrected chi connectivity index (χ1v) is 15.1. The Kier molecular flexibility index (Phi) is 9.24. The first kappa shape index (κ1) is 28.8. The highest BCUT2D eigenvalue weighted by Gasteiger charge is 2.44. The van der Waals surface area contributed by atoms with Crippen molar-refractivity contribution in [1.29, 1.82) is 0 Å². The molecule has 5 rings (SSSR count). The maximum atomic E-state index is 13.6. The van der Waals surface area contributed by atoms with Gasteiger partial charge in [-0.2, -0.15) is 0 Å². The lowest BCUT2D eigenvalue weighted by Crippen LogP contribution is -2.51. The molecule has 218 valence electrons. The fraction of sp³-hybridized carbons (Fsp3) is 0.536. The summed E-state index contributed by atoms with van der Waals surface area (Å²) in [4.78, 5) is 18.7. The summed E-state index contributed by atoms with van der Waals surface area (Å²) < 4.78 is 44.7. The molecule has 1 amide bonds. The summed E-state index contributed by atoms with van der Waals surface area (Å²) in [7, 11) is -4.25. The van der Waals surface area contributed by atoms with Crippen molar-refractivity contribution in [2.45, 2.75) is 74.1 Å². The Hall–Kier alpha value is -2.74. The Bertz CT molecular complexity index is 1240. The van der Waals surface area contributed by atoms with Gasteiger partial charge in [-0.3, -0.25) is 4.84 Å². The van der Waals surface area contributed by atoms with Gasteiger partial charge in [0.25, 0.3) is 10.0 Å². The van der Waals surface area contributed by atoms with Crippen LogP contribution in [0.4, 0.5) is 4.79 Å². The van der Waals surface area contributed by atoms with E-state index in [0.29, 0.717) is 19.4 Å². The second-order valence-electron chi connectivity index (χ2n) is 10.5. The predicted molar refractivity (Wildman–Crippen MR) is 142 cm³/mol. The summed E-state index contributed by atoms with van der Waals surface area (Å²) in [6.07, 6.45) is 0.866. The van der Waals surface area contributed by atoms with Gasteiger partial charge in [0.1, 0.15) is 11.9 Å². The van der Waals surface area contributed by atoms with Gasteiger partial charge in [-0.05, 0) is 49.4 Å². The molecule has 40 heavy (non-hydrogen) atoms. The van der Waals surface area contributed by atoms with Crippen LogP contribution < -0.4 is 5.32 Å². The number of alkyl carbamates (subject to hydrolysis) is 1. The normalized spacial score (nSPS) is 24.6. The average Bonchev–Trinajstić information content (AvgIpc) is 3.69. The Morgan fingerprint density at radius 1 is 1.07 bits per heavy atom. The second-order valence-corrected chi connectivity index (χ2v) is 12.3. The number of nitrogens with one attached hydrogen (secondary N) is 1. The van der Waals surface area contributed by atoms with Crippen LogP contribution in [0.1, 0.15) is 37.7 Å². The van der Waals surface area contributed by atoms with Crippen LogP contribution in [0.2, 0.25) is 0 Å². The van der Waals surface area contributed by atoms with Gasteiger partial charge >= 0.3 is 6.09 Å². The third-order valence-corrected chi connectivity index (χ3v) is 9.22. The molecule has 11 nitrogen and oxygen atoms in total. The van der Waals surface area contributed by atoms with E-state index in [1.807, 2.05) is 30.3 Å². The smallest absolute Gasteiger partial charge is 0.407 e. The number of phenolic OH excluding ortho intramolecular Hbond substituents is 1. The number of benzene rings is 2.